The van der Waals surface area contributed by atoms with Crippen LogP contribution in [0.4, 0.5) is 51.1 Å². The van der Waals surface area contributed by atoms with E-state index in [4.69, 9.17) is 15.0 Å². The van der Waals surface area contributed by atoms with Gasteiger partial charge in [-0.15, -0.1) is 0 Å². The number of aryl methyl sites for hydroxylation is 2. The van der Waals surface area contributed by atoms with Crippen LogP contribution in [-0.4, -0.2) is 293 Å². The highest BCUT2D eigenvalue weighted by atomic mass is 32.2. The van der Waals surface area contributed by atoms with Gasteiger partial charge in [-0.2, -0.15) is 38.5 Å². The lowest BCUT2D eigenvalue weighted by Gasteiger charge is -2.41. The molecule has 0 spiro atoms. The molecule has 0 radical (unpaired) electrons. The Morgan fingerprint density at radius 1 is 0.459 bits per heavy atom. The molecule has 3 N–H and O–H groups in total. The number of hydrogen-bond donors (Lipinski definition) is 3. The standard InChI is InChI=1S/C30H40N8O3S.C30H38N8O2.C29H35N7O3S/c1-3-26(39)36-14-11-34(12-15-36)13-20-38-28(41)9-4-23-22-31-30(33-29(23)38)32-24-5-7-25(8-6-24)35-16-18-37(19-17-35)27(40)10-21-42-2;1-5-22(2)37-20-24(21-37)11-12-38-27(39)10-9-25-18-31-29(33-28(25)38)32-26-8-6-7-23(17-26)19-35-13-15-36(16-14-35)30(40)34(3)4;1-3-25(37)35-19-21(20-35)9-11-36-27(39)8-7-22-18-30-29(32-28(22)36)31-23-5-4-6-24(17-23)33-12-14-34(15-13-33)26(38)10-16-40-2/h4-9,22H,3,10-21H2,1-2H3,(H,31,32,33);5-10,17-18,24H,1-2,11-16,19-21H2,3-4H3,(H,31,32,33);3-8,17-18,21H,1,9-16,19-20H2,2H3,(H,30,31,32). The molecule has 0 unspecified atom stereocenters. The number of rotatable bonds is 29. The van der Waals surface area contributed by atoms with E-state index in [0.717, 1.165) is 199 Å². The number of anilines is 8. The van der Waals surface area contributed by atoms with Gasteiger partial charge in [-0.25, -0.2) is 19.7 Å². The molecule has 122 heavy (non-hydrogen) atoms. The lowest BCUT2D eigenvalue weighted by molar-refractivity contribution is -0.133. The summed E-state index contributed by atoms with van der Waals surface area (Å²) in [6, 6.07) is 34.5. The second-order valence-electron chi connectivity index (χ2n) is 31.7. The number of nitrogens with one attached hydrogen (secondary N) is 3. The minimum Gasteiger partial charge on any atom is -0.371 e. The van der Waals surface area contributed by atoms with E-state index in [-0.39, 0.29) is 46.3 Å². The molecular weight excluding hydrogens is 1580 g/mol. The summed E-state index contributed by atoms with van der Waals surface area (Å²) in [5, 5.41) is 12.3. The Bertz CT molecular complexity index is 5370. The van der Waals surface area contributed by atoms with Crippen molar-refractivity contribution in [1.29, 1.82) is 0 Å². The van der Waals surface area contributed by atoms with Gasteiger partial charge in [-0.1, -0.05) is 44.9 Å². The first kappa shape index (κ1) is 88.1. The van der Waals surface area contributed by atoms with Gasteiger partial charge in [0.15, 0.2) is 0 Å². The number of urea groups is 1. The molecule has 6 amide bonds. The Hall–Kier alpha value is -11.7. The highest BCUT2D eigenvalue weighted by Gasteiger charge is 2.31. The fourth-order valence-corrected chi connectivity index (χ4v) is 16.7. The minimum absolute atomic E-state index is 0.0508. The van der Waals surface area contributed by atoms with Crippen molar-refractivity contribution in [1.82, 2.24) is 87.7 Å². The van der Waals surface area contributed by atoms with Crippen LogP contribution in [0.2, 0.25) is 0 Å². The highest BCUT2D eigenvalue weighted by Crippen LogP contribution is 2.29. The van der Waals surface area contributed by atoms with Crippen LogP contribution in [0, 0.1) is 11.8 Å². The number of aromatic nitrogens is 9. The third kappa shape index (κ3) is 22.9. The van der Waals surface area contributed by atoms with Gasteiger partial charge in [0.2, 0.25) is 41.5 Å². The monoisotopic (exact) mass is 1700 g/mol. The number of piperazine rings is 4. The van der Waals surface area contributed by atoms with Gasteiger partial charge in [0.05, 0.1) is 0 Å². The first-order chi connectivity index (χ1) is 59.2. The smallest absolute Gasteiger partial charge is 0.319 e. The molecule has 0 bridgehead atoms. The summed E-state index contributed by atoms with van der Waals surface area (Å²) in [6.07, 6.45) is 15.8. The summed E-state index contributed by atoms with van der Waals surface area (Å²) < 4.78 is 5.15. The topological polar surface area (TPSA) is 300 Å². The molecule has 644 valence electrons. The normalized spacial score (nSPS) is 16.0. The zero-order valence-corrected chi connectivity index (χ0v) is 72.3. The summed E-state index contributed by atoms with van der Waals surface area (Å²) in [7, 11) is 3.58. The largest absolute Gasteiger partial charge is 0.371 e. The Balaban J connectivity index is 0.000000158. The molecule has 33 heteroatoms. The van der Waals surface area contributed by atoms with Crippen molar-refractivity contribution in [2.45, 2.75) is 65.2 Å². The molecule has 0 aliphatic carbocycles. The SMILES string of the molecule is C=CC(=C)N1CC(CCn2c(=O)ccc3cnc(Nc4cccc(CN5CCN(C(=O)N(C)C)CC5)c4)nc32)C1.C=CC(=O)N1CC(CCn2c(=O)ccc3cnc(Nc4cccc(N5CCN(C(=O)CCSC)CC5)c4)nc32)C1.CCC(=O)N1CCN(CCn2c(=O)ccc3cnc(Nc4ccc(N5CCN(C(=O)CCSC)CC5)cc4)nc32)CC1. The number of fused-ring (bicyclic) bond motifs is 3. The molecule has 3 aromatic carbocycles. The number of hydrogen-bond acceptors (Lipinski definition) is 24. The lowest BCUT2D eigenvalue weighted by atomic mass is 9.95. The van der Waals surface area contributed by atoms with Gasteiger partial charge in [0.25, 0.3) is 16.7 Å². The van der Waals surface area contributed by atoms with Gasteiger partial charge in [0, 0.05) is 296 Å². The van der Waals surface area contributed by atoms with E-state index in [9.17, 15) is 38.4 Å². The van der Waals surface area contributed by atoms with E-state index in [0.29, 0.717) is 105 Å². The van der Waals surface area contributed by atoms with E-state index in [1.807, 2.05) is 75.4 Å². The Labute approximate surface area is 720 Å². The average Bonchev–Trinajstić information content (AvgIpc) is 0.793. The number of amides is 6. The molecule has 6 aliphatic rings. The van der Waals surface area contributed by atoms with Crippen molar-refractivity contribution in [3.05, 3.63) is 202 Å². The number of pyridine rings is 3. The molecular formula is C89H113N23O8S2. The third-order valence-corrected chi connectivity index (χ3v) is 24.5. The van der Waals surface area contributed by atoms with Crippen LogP contribution in [0.1, 0.15) is 44.6 Å². The number of benzene rings is 3. The van der Waals surface area contributed by atoms with Crippen molar-refractivity contribution in [2.75, 3.05) is 201 Å². The fourth-order valence-electron chi connectivity index (χ4n) is 16.0. The van der Waals surface area contributed by atoms with Gasteiger partial charge < -0.3 is 60.0 Å². The summed E-state index contributed by atoms with van der Waals surface area (Å²) in [5.74, 6) is 4.51. The number of nitrogens with zero attached hydrogens (tertiary/aromatic N) is 20. The summed E-state index contributed by atoms with van der Waals surface area (Å²) in [6.45, 7) is 31.9. The first-order valence-corrected chi connectivity index (χ1v) is 44.9. The molecule has 15 rings (SSSR count). The summed E-state index contributed by atoms with van der Waals surface area (Å²) in [4.78, 5) is 149. The predicted molar refractivity (Wildman–Crippen MR) is 487 cm³/mol. The van der Waals surface area contributed by atoms with Gasteiger partial charge in [0.1, 0.15) is 16.9 Å². The molecule has 0 atom stereocenters. The number of carbonyl (C=O) groups excluding carboxylic acids is 5. The number of carbonyl (C=O) groups is 5. The maximum absolute atomic E-state index is 12.8. The quantitative estimate of drug-likeness (QED) is 0.0291. The first-order valence-electron chi connectivity index (χ1n) is 42.1. The van der Waals surface area contributed by atoms with Crippen molar-refractivity contribution >= 4 is 133 Å². The molecule has 6 aliphatic heterocycles. The van der Waals surface area contributed by atoms with Gasteiger partial charge >= 0.3 is 6.03 Å². The van der Waals surface area contributed by atoms with Crippen LogP contribution in [0.3, 0.4) is 0 Å². The molecule has 6 saturated heterocycles. The van der Waals surface area contributed by atoms with E-state index in [2.05, 4.69) is 112 Å². The number of thioether (sulfide) groups is 2. The lowest BCUT2D eigenvalue weighted by Crippen LogP contribution is -2.51. The Morgan fingerprint density at radius 3 is 1.37 bits per heavy atom. The number of allylic oxidation sites excluding steroid dienone is 1. The van der Waals surface area contributed by atoms with E-state index in [1.165, 1.54) is 11.6 Å². The number of likely N-dealkylation sites (tertiary alicyclic amines) is 2. The maximum Gasteiger partial charge on any atom is 0.319 e. The second-order valence-corrected chi connectivity index (χ2v) is 33.6. The van der Waals surface area contributed by atoms with Crippen LogP contribution in [-0.2, 0) is 45.4 Å². The van der Waals surface area contributed by atoms with Crippen molar-refractivity contribution in [2.24, 2.45) is 11.8 Å². The summed E-state index contributed by atoms with van der Waals surface area (Å²) in [5.41, 5.74) is 8.46. The maximum atomic E-state index is 12.8. The van der Waals surface area contributed by atoms with E-state index < -0.39 is 0 Å². The van der Waals surface area contributed by atoms with Crippen molar-refractivity contribution in [3.8, 4) is 0 Å². The van der Waals surface area contributed by atoms with Crippen LogP contribution < -0.4 is 42.4 Å². The molecule has 12 heterocycles. The van der Waals surface area contributed by atoms with Crippen LogP contribution in [0.15, 0.2) is 180 Å². The summed E-state index contributed by atoms with van der Waals surface area (Å²) >= 11 is 3.40. The molecule has 6 aromatic heterocycles. The Kier molecular flexibility index (Phi) is 30.5. The molecule has 6 fully saturated rings. The van der Waals surface area contributed by atoms with Gasteiger partial charge in [-0.3, -0.25) is 57.1 Å². The Morgan fingerprint density at radius 2 is 0.893 bits per heavy atom. The zero-order valence-electron chi connectivity index (χ0n) is 70.7. The van der Waals surface area contributed by atoms with Crippen molar-refractivity contribution < 1.29 is 24.0 Å². The molecule has 31 nitrogen and oxygen atoms in total. The fraction of sp³-hybridized carbons (Fsp3) is 0.438. The van der Waals surface area contributed by atoms with Gasteiger partial charge in [-0.05, 0) is 128 Å². The van der Waals surface area contributed by atoms with Crippen LogP contribution in [0.25, 0.3) is 33.1 Å². The van der Waals surface area contributed by atoms with E-state index in [1.54, 1.807) is 122 Å². The molecule has 9 aromatic rings. The predicted octanol–water partition coefficient (Wildman–Crippen LogP) is 8.82. The second kappa shape index (κ2) is 42.2. The highest BCUT2D eigenvalue weighted by molar-refractivity contribution is 7.98. The minimum atomic E-state index is -0.108. The van der Waals surface area contributed by atoms with E-state index >= 15 is 0 Å². The average molecular weight is 1700 g/mol. The van der Waals surface area contributed by atoms with Crippen LogP contribution >= 0.6 is 23.5 Å². The zero-order chi connectivity index (χ0) is 85.8. The van der Waals surface area contributed by atoms with Crippen molar-refractivity contribution in [3.63, 3.8) is 0 Å². The molecule has 0 saturated carbocycles. The third-order valence-electron chi connectivity index (χ3n) is 23.3. The van der Waals surface area contributed by atoms with Crippen LogP contribution in [0.5, 0.6) is 0 Å².